The largest absolute Gasteiger partial charge is 0.507 e. The van der Waals surface area contributed by atoms with E-state index in [9.17, 15) is 14.7 Å². The SMILES string of the molecule is CCOc1ccc(C(O)=C2C(=O)C(=O)N(CCN(CC)CC)C2c2ccc(OCCC(C)C)c(OC)c2)cc1. The van der Waals surface area contributed by atoms with E-state index >= 15 is 0 Å². The minimum Gasteiger partial charge on any atom is -0.507 e. The van der Waals surface area contributed by atoms with E-state index in [2.05, 4.69) is 32.6 Å². The Hall–Kier alpha value is -3.52. The highest BCUT2D eigenvalue weighted by Crippen LogP contribution is 2.42. The van der Waals surface area contributed by atoms with Crippen LogP contribution in [0.2, 0.25) is 0 Å². The first kappa shape index (κ1) is 30.0. The summed E-state index contributed by atoms with van der Waals surface area (Å²) in [4.78, 5) is 30.5. The minimum absolute atomic E-state index is 0.0548. The summed E-state index contributed by atoms with van der Waals surface area (Å²) in [5.74, 6) is 0.702. The van der Waals surface area contributed by atoms with E-state index < -0.39 is 17.7 Å². The standard InChI is InChI=1S/C31H42N2O6/c1-7-32(8-2)17-18-33-28(23-12-15-25(26(20-23)37-6)39-19-16-21(4)5)27(30(35)31(33)36)29(34)22-10-13-24(14-11-22)38-9-3/h10-15,20-21,28,34H,7-9,16-19H2,1-6H3. The van der Waals surface area contributed by atoms with Crippen molar-refractivity contribution in [2.75, 3.05) is 46.5 Å². The number of likely N-dealkylation sites (tertiary alicyclic amines) is 1. The molecule has 2 aromatic carbocycles. The van der Waals surface area contributed by atoms with Gasteiger partial charge in [-0.3, -0.25) is 9.59 Å². The van der Waals surface area contributed by atoms with Gasteiger partial charge in [0.15, 0.2) is 11.5 Å². The molecule has 1 amide bonds. The van der Waals surface area contributed by atoms with Crippen molar-refractivity contribution in [3.8, 4) is 17.2 Å². The maximum atomic E-state index is 13.4. The van der Waals surface area contributed by atoms with Gasteiger partial charge in [0.05, 0.1) is 31.9 Å². The van der Waals surface area contributed by atoms with Crippen molar-refractivity contribution in [3.05, 3.63) is 59.2 Å². The molecule has 8 heteroatoms. The van der Waals surface area contributed by atoms with Crippen LogP contribution >= 0.6 is 0 Å². The zero-order chi connectivity index (χ0) is 28.5. The van der Waals surface area contributed by atoms with E-state index in [4.69, 9.17) is 14.2 Å². The molecule has 1 unspecified atom stereocenters. The molecule has 0 saturated carbocycles. The van der Waals surface area contributed by atoms with Gasteiger partial charge < -0.3 is 29.1 Å². The summed E-state index contributed by atoms with van der Waals surface area (Å²) in [6, 6.07) is 11.5. The minimum atomic E-state index is -0.772. The number of hydrogen-bond acceptors (Lipinski definition) is 7. The van der Waals surface area contributed by atoms with Crippen molar-refractivity contribution in [3.63, 3.8) is 0 Å². The molecular weight excluding hydrogens is 496 g/mol. The highest BCUT2D eigenvalue weighted by atomic mass is 16.5. The summed E-state index contributed by atoms with van der Waals surface area (Å²) in [5, 5.41) is 11.4. The van der Waals surface area contributed by atoms with Crippen LogP contribution < -0.4 is 14.2 Å². The third-order valence-corrected chi connectivity index (χ3v) is 6.99. The van der Waals surface area contributed by atoms with Crippen LogP contribution in [0.5, 0.6) is 17.2 Å². The second kappa shape index (κ2) is 14.0. The third kappa shape index (κ3) is 7.12. The fraction of sp³-hybridized carbons (Fsp3) is 0.484. The number of aliphatic hydroxyl groups excluding tert-OH is 1. The molecule has 0 radical (unpaired) electrons. The number of amides is 1. The van der Waals surface area contributed by atoms with Crippen molar-refractivity contribution in [1.82, 2.24) is 9.80 Å². The number of aliphatic hydroxyl groups is 1. The van der Waals surface area contributed by atoms with E-state index in [-0.39, 0.29) is 11.3 Å². The molecule has 212 valence electrons. The lowest BCUT2D eigenvalue weighted by atomic mass is 9.95. The zero-order valence-electron chi connectivity index (χ0n) is 24.0. The molecule has 1 atom stereocenters. The highest BCUT2D eigenvalue weighted by molar-refractivity contribution is 6.46. The number of Topliss-reactive ketones (excluding diaryl/α,β-unsaturated/α-hetero) is 1. The summed E-state index contributed by atoms with van der Waals surface area (Å²) in [5.41, 5.74) is 1.15. The van der Waals surface area contributed by atoms with Gasteiger partial charge in [-0.05, 0) is 74.3 Å². The van der Waals surface area contributed by atoms with Gasteiger partial charge in [0.25, 0.3) is 11.7 Å². The first-order valence-electron chi connectivity index (χ1n) is 13.8. The number of carbonyl (C=O) groups is 2. The summed E-state index contributed by atoms with van der Waals surface area (Å²) < 4.78 is 17.1. The number of carbonyl (C=O) groups excluding carboxylic acids is 2. The van der Waals surface area contributed by atoms with Crippen LogP contribution in [0, 0.1) is 5.92 Å². The van der Waals surface area contributed by atoms with E-state index in [1.807, 2.05) is 13.0 Å². The lowest BCUT2D eigenvalue weighted by Gasteiger charge is -2.28. The third-order valence-electron chi connectivity index (χ3n) is 6.99. The first-order valence-corrected chi connectivity index (χ1v) is 13.8. The molecule has 39 heavy (non-hydrogen) atoms. The monoisotopic (exact) mass is 538 g/mol. The van der Waals surface area contributed by atoms with Crippen molar-refractivity contribution >= 4 is 17.4 Å². The van der Waals surface area contributed by atoms with Gasteiger partial charge in [0, 0.05) is 18.7 Å². The Bertz CT molecular complexity index is 1150. The molecular formula is C31H42N2O6. The molecule has 1 fully saturated rings. The second-order valence-corrected chi connectivity index (χ2v) is 9.92. The summed E-state index contributed by atoms with van der Waals surface area (Å²) in [6.07, 6.45) is 0.901. The molecule has 2 aromatic rings. The zero-order valence-corrected chi connectivity index (χ0v) is 24.0. The van der Waals surface area contributed by atoms with Crippen molar-refractivity contribution < 1.29 is 28.9 Å². The molecule has 1 saturated heterocycles. The molecule has 0 spiro atoms. The highest BCUT2D eigenvalue weighted by Gasteiger charge is 2.46. The summed E-state index contributed by atoms with van der Waals surface area (Å²) in [6.45, 7) is 13.9. The molecule has 0 aromatic heterocycles. The summed E-state index contributed by atoms with van der Waals surface area (Å²) >= 11 is 0. The van der Waals surface area contributed by atoms with Gasteiger partial charge in [0.2, 0.25) is 0 Å². The fourth-order valence-corrected chi connectivity index (χ4v) is 4.66. The Morgan fingerprint density at radius 1 is 1.00 bits per heavy atom. The van der Waals surface area contributed by atoms with E-state index in [0.29, 0.717) is 60.6 Å². The number of hydrogen-bond donors (Lipinski definition) is 1. The second-order valence-electron chi connectivity index (χ2n) is 9.92. The van der Waals surface area contributed by atoms with Crippen molar-refractivity contribution in [2.45, 2.75) is 47.1 Å². The molecule has 8 nitrogen and oxygen atoms in total. The van der Waals surface area contributed by atoms with Gasteiger partial charge in [-0.15, -0.1) is 0 Å². The lowest BCUT2D eigenvalue weighted by Crippen LogP contribution is -2.38. The van der Waals surface area contributed by atoms with Crippen LogP contribution in [0.15, 0.2) is 48.0 Å². The van der Waals surface area contributed by atoms with Crippen LogP contribution in [-0.4, -0.2) is 73.1 Å². The molecule has 1 N–H and O–H groups in total. The molecule has 1 aliphatic rings. The molecule has 1 aliphatic heterocycles. The maximum absolute atomic E-state index is 13.4. The number of nitrogens with zero attached hydrogens (tertiary/aromatic N) is 2. The predicted octanol–water partition coefficient (Wildman–Crippen LogP) is 5.28. The topological polar surface area (TPSA) is 88.5 Å². The Balaban J connectivity index is 2.07. The maximum Gasteiger partial charge on any atom is 0.295 e. The van der Waals surface area contributed by atoms with Gasteiger partial charge in [-0.1, -0.05) is 33.8 Å². The smallest absolute Gasteiger partial charge is 0.295 e. The average Bonchev–Trinajstić information content (AvgIpc) is 3.18. The van der Waals surface area contributed by atoms with Crippen molar-refractivity contribution in [2.24, 2.45) is 5.92 Å². The number of ether oxygens (including phenoxy) is 3. The Kier molecular flexibility index (Phi) is 10.8. The van der Waals surface area contributed by atoms with Crippen LogP contribution in [-0.2, 0) is 9.59 Å². The molecule has 0 bridgehead atoms. The average molecular weight is 539 g/mol. The van der Waals surface area contributed by atoms with Crippen molar-refractivity contribution in [1.29, 1.82) is 0 Å². The predicted molar refractivity (Wildman–Crippen MR) is 152 cm³/mol. The van der Waals surface area contributed by atoms with Crippen LogP contribution in [0.4, 0.5) is 0 Å². The Labute approximate surface area is 232 Å². The molecule has 0 aliphatic carbocycles. The summed E-state index contributed by atoms with van der Waals surface area (Å²) in [7, 11) is 1.56. The number of rotatable bonds is 14. The van der Waals surface area contributed by atoms with Crippen LogP contribution in [0.25, 0.3) is 5.76 Å². The molecule has 1 heterocycles. The fourth-order valence-electron chi connectivity index (χ4n) is 4.66. The van der Waals surface area contributed by atoms with E-state index in [0.717, 1.165) is 19.5 Å². The number of methoxy groups -OCH3 is 1. The molecule has 3 rings (SSSR count). The quantitative estimate of drug-likeness (QED) is 0.199. The number of benzene rings is 2. The Morgan fingerprint density at radius 3 is 2.28 bits per heavy atom. The number of likely N-dealkylation sites (N-methyl/N-ethyl adjacent to an activating group) is 1. The normalized spacial score (nSPS) is 16.8. The van der Waals surface area contributed by atoms with E-state index in [1.54, 1.807) is 48.4 Å². The van der Waals surface area contributed by atoms with E-state index in [1.165, 1.54) is 0 Å². The number of ketones is 1. The van der Waals surface area contributed by atoms with Crippen LogP contribution in [0.3, 0.4) is 0 Å². The van der Waals surface area contributed by atoms with Gasteiger partial charge >= 0.3 is 0 Å². The Morgan fingerprint density at radius 2 is 1.69 bits per heavy atom. The van der Waals surface area contributed by atoms with Gasteiger partial charge in [-0.25, -0.2) is 0 Å². The first-order chi connectivity index (χ1) is 18.7. The van der Waals surface area contributed by atoms with Crippen LogP contribution in [0.1, 0.15) is 58.2 Å². The van der Waals surface area contributed by atoms with Gasteiger partial charge in [0.1, 0.15) is 11.5 Å². The van der Waals surface area contributed by atoms with Gasteiger partial charge in [-0.2, -0.15) is 0 Å². The lowest BCUT2D eigenvalue weighted by molar-refractivity contribution is -0.140.